The fourth-order valence-corrected chi connectivity index (χ4v) is 1.76. The quantitative estimate of drug-likeness (QED) is 0.741. The van der Waals surface area contributed by atoms with E-state index in [-0.39, 0.29) is 6.04 Å². The third kappa shape index (κ3) is 3.23. The van der Waals surface area contributed by atoms with Gasteiger partial charge in [-0.2, -0.15) is 0 Å². The molecular weight excluding hydrogens is 176 g/mol. The molecule has 4 atom stereocenters. The molecule has 1 rings (SSSR count). The second-order valence-corrected chi connectivity index (χ2v) is 4.78. The summed E-state index contributed by atoms with van der Waals surface area (Å²) in [7, 11) is 0. The Bertz CT molecular complexity index is 173. The summed E-state index contributed by atoms with van der Waals surface area (Å²) in [5, 5.41) is 0. The average Bonchev–Trinajstić information content (AvgIpc) is 2.11. The van der Waals surface area contributed by atoms with Crippen molar-refractivity contribution in [1.29, 1.82) is 0 Å². The molecule has 1 aliphatic rings. The number of ether oxygens (including phenoxy) is 1. The van der Waals surface area contributed by atoms with Crippen LogP contribution in [0, 0.1) is 5.92 Å². The number of nitrogens with two attached hydrogens (primary N) is 1. The lowest BCUT2D eigenvalue weighted by atomic mass is 10.0. The summed E-state index contributed by atoms with van der Waals surface area (Å²) in [6, 6.07) is 0.813. The van der Waals surface area contributed by atoms with Crippen LogP contribution < -0.4 is 5.73 Å². The van der Waals surface area contributed by atoms with Crippen LogP contribution in [0.15, 0.2) is 0 Å². The van der Waals surface area contributed by atoms with Gasteiger partial charge in [0.05, 0.1) is 12.7 Å². The van der Waals surface area contributed by atoms with Gasteiger partial charge >= 0.3 is 0 Å². The van der Waals surface area contributed by atoms with E-state index in [0.29, 0.717) is 18.1 Å². The SMILES string of the molecule is CC1CN(CC(C)C(C)N)C(C)CO1. The predicted octanol–water partition coefficient (Wildman–Crippen LogP) is 1.08. The molecule has 0 aromatic carbocycles. The van der Waals surface area contributed by atoms with Crippen molar-refractivity contribution < 1.29 is 4.74 Å². The molecule has 1 heterocycles. The van der Waals surface area contributed by atoms with E-state index in [4.69, 9.17) is 10.5 Å². The molecule has 0 aromatic rings. The Kier molecular flexibility index (Phi) is 4.35. The van der Waals surface area contributed by atoms with E-state index in [1.54, 1.807) is 0 Å². The summed E-state index contributed by atoms with van der Waals surface area (Å²) < 4.78 is 5.59. The Hall–Kier alpha value is -0.120. The van der Waals surface area contributed by atoms with Crippen LogP contribution in [0.4, 0.5) is 0 Å². The van der Waals surface area contributed by atoms with E-state index in [2.05, 4.69) is 32.6 Å². The van der Waals surface area contributed by atoms with Crippen molar-refractivity contribution in [3.05, 3.63) is 0 Å². The summed E-state index contributed by atoms with van der Waals surface area (Å²) in [6.45, 7) is 11.6. The molecule has 0 radical (unpaired) electrons. The summed E-state index contributed by atoms with van der Waals surface area (Å²) in [4.78, 5) is 2.49. The van der Waals surface area contributed by atoms with Gasteiger partial charge < -0.3 is 10.5 Å². The molecule has 2 N–H and O–H groups in total. The predicted molar refractivity (Wildman–Crippen MR) is 59.3 cm³/mol. The van der Waals surface area contributed by atoms with E-state index >= 15 is 0 Å². The van der Waals surface area contributed by atoms with Gasteiger partial charge in [-0.25, -0.2) is 0 Å². The summed E-state index contributed by atoms with van der Waals surface area (Å²) in [5.41, 5.74) is 5.88. The van der Waals surface area contributed by atoms with Crippen molar-refractivity contribution >= 4 is 0 Å². The van der Waals surface area contributed by atoms with Crippen LogP contribution in [-0.2, 0) is 4.74 Å². The van der Waals surface area contributed by atoms with Crippen molar-refractivity contribution in [2.24, 2.45) is 11.7 Å². The Labute approximate surface area is 87.6 Å². The number of hydrogen-bond acceptors (Lipinski definition) is 3. The van der Waals surface area contributed by atoms with E-state index < -0.39 is 0 Å². The Morgan fingerprint density at radius 3 is 2.64 bits per heavy atom. The smallest absolute Gasteiger partial charge is 0.0674 e. The fraction of sp³-hybridized carbons (Fsp3) is 1.00. The highest BCUT2D eigenvalue weighted by molar-refractivity contribution is 4.78. The van der Waals surface area contributed by atoms with Gasteiger partial charge in [0.1, 0.15) is 0 Å². The average molecular weight is 200 g/mol. The van der Waals surface area contributed by atoms with Gasteiger partial charge in [-0.3, -0.25) is 4.90 Å². The summed E-state index contributed by atoms with van der Waals surface area (Å²) in [6.07, 6.45) is 0.367. The topological polar surface area (TPSA) is 38.5 Å². The standard InChI is InChI=1S/C11H24N2O/c1-8(11(4)12)5-13-6-10(3)14-7-9(13)2/h8-11H,5-7,12H2,1-4H3. The molecule has 0 spiro atoms. The minimum absolute atomic E-state index is 0.278. The molecule has 0 aromatic heterocycles. The molecule has 0 saturated carbocycles. The van der Waals surface area contributed by atoms with Gasteiger partial charge in [0.25, 0.3) is 0 Å². The maximum absolute atomic E-state index is 5.88. The van der Waals surface area contributed by atoms with E-state index in [1.165, 1.54) is 0 Å². The van der Waals surface area contributed by atoms with Crippen LogP contribution in [0.2, 0.25) is 0 Å². The lowest BCUT2D eigenvalue weighted by Gasteiger charge is -2.38. The van der Waals surface area contributed by atoms with E-state index in [1.807, 2.05) is 0 Å². The molecule has 1 aliphatic heterocycles. The first-order valence-corrected chi connectivity index (χ1v) is 5.62. The first-order valence-electron chi connectivity index (χ1n) is 5.62. The second kappa shape index (κ2) is 5.10. The normalized spacial score (nSPS) is 34.1. The third-order valence-corrected chi connectivity index (χ3v) is 3.16. The Morgan fingerprint density at radius 1 is 1.43 bits per heavy atom. The first-order chi connectivity index (χ1) is 6.50. The highest BCUT2D eigenvalue weighted by Gasteiger charge is 2.25. The van der Waals surface area contributed by atoms with E-state index in [0.717, 1.165) is 19.7 Å². The molecule has 3 nitrogen and oxygen atoms in total. The number of hydrogen-bond donors (Lipinski definition) is 1. The monoisotopic (exact) mass is 200 g/mol. The zero-order chi connectivity index (χ0) is 10.7. The molecule has 3 heteroatoms. The van der Waals surface area contributed by atoms with Gasteiger partial charge in [-0.15, -0.1) is 0 Å². The zero-order valence-electron chi connectivity index (χ0n) is 9.86. The minimum atomic E-state index is 0.278. The maximum Gasteiger partial charge on any atom is 0.0674 e. The van der Waals surface area contributed by atoms with Crippen LogP contribution in [0.5, 0.6) is 0 Å². The van der Waals surface area contributed by atoms with Crippen molar-refractivity contribution in [3.63, 3.8) is 0 Å². The zero-order valence-corrected chi connectivity index (χ0v) is 9.86. The number of nitrogens with zero attached hydrogens (tertiary/aromatic N) is 1. The molecule has 0 amide bonds. The molecular formula is C11H24N2O. The Morgan fingerprint density at radius 2 is 2.07 bits per heavy atom. The van der Waals surface area contributed by atoms with Crippen LogP contribution in [0.1, 0.15) is 27.7 Å². The van der Waals surface area contributed by atoms with Crippen molar-refractivity contribution in [1.82, 2.24) is 4.90 Å². The second-order valence-electron chi connectivity index (χ2n) is 4.78. The highest BCUT2D eigenvalue weighted by Crippen LogP contribution is 2.14. The fourth-order valence-electron chi connectivity index (χ4n) is 1.76. The summed E-state index contributed by atoms with van der Waals surface area (Å²) in [5.74, 6) is 0.558. The highest BCUT2D eigenvalue weighted by atomic mass is 16.5. The number of rotatable bonds is 3. The molecule has 14 heavy (non-hydrogen) atoms. The van der Waals surface area contributed by atoms with Gasteiger partial charge in [-0.05, 0) is 26.7 Å². The molecule has 84 valence electrons. The summed E-state index contributed by atoms with van der Waals surface area (Å²) >= 11 is 0. The van der Waals surface area contributed by atoms with Gasteiger partial charge in [-0.1, -0.05) is 6.92 Å². The Balaban J connectivity index is 2.41. The largest absolute Gasteiger partial charge is 0.376 e. The molecule has 4 unspecified atom stereocenters. The van der Waals surface area contributed by atoms with Crippen molar-refractivity contribution in [2.45, 2.75) is 45.9 Å². The van der Waals surface area contributed by atoms with Gasteiger partial charge in [0.15, 0.2) is 0 Å². The molecule has 0 bridgehead atoms. The first kappa shape index (κ1) is 12.0. The van der Waals surface area contributed by atoms with Gasteiger partial charge in [0.2, 0.25) is 0 Å². The van der Waals surface area contributed by atoms with E-state index in [9.17, 15) is 0 Å². The number of morpholine rings is 1. The lowest BCUT2D eigenvalue weighted by molar-refractivity contribution is -0.0542. The van der Waals surface area contributed by atoms with Crippen LogP contribution in [-0.4, -0.2) is 42.8 Å². The minimum Gasteiger partial charge on any atom is -0.376 e. The van der Waals surface area contributed by atoms with Crippen LogP contribution in [0.3, 0.4) is 0 Å². The lowest BCUT2D eigenvalue weighted by Crippen LogP contribution is -2.50. The molecule has 1 fully saturated rings. The van der Waals surface area contributed by atoms with Crippen molar-refractivity contribution in [3.8, 4) is 0 Å². The molecule has 1 saturated heterocycles. The van der Waals surface area contributed by atoms with Crippen LogP contribution in [0.25, 0.3) is 0 Å². The van der Waals surface area contributed by atoms with Crippen LogP contribution >= 0.6 is 0 Å². The van der Waals surface area contributed by atoms with Gasteiger partial charge in [0, 0.05) is 25.2 Å². The maximum atomic E-state index is 5.88. The molecule has 0 aliphatic carbocycles. The van der Waals surface area contributed by atoms with Crippen molar-refractivity contribution in [2.75, 3.05) is 19.7 Å². The third-order valence-electron chi connectivity index (χ3n) is 3.16.